The van der Waals surface area contributed by atoms with Crippen LogP contribution in [0.25, 0.3) is 0 Å². The molecule has 0 saturated heterocycles. The van der Waals surface area contributed by atoms with Crippen molar-refractivity contribution in [3.8, 4) is 0 Å². The lowest BCUT2D eigenvalue weighted by Crippen LogP contribution is -2.32. The van der Waals surface area contributed by atoms with Crippen molar-refractivity contribution in [2.75, 3.05) is 13.2 Å². The molecule has 1 atom stereocenters. The van der Waals surface area contributed by atoms with Crippen molar-refractivity contribution in [1.29, 1.82) is 0 Å². The van der Waals surface area contributed by atoms with Gasteiger partial charge in [-0.25, -0.2) is 0 Å². The highest BCUT2D eigenvalue weighted by Gasteiger charge is 2.18. The van der Waals surface area contributed by atoms with Gasteiger partial charge in [-0.1, -0.05) is 36.8 Å². The van der Waals surface area contributed by atoms with Gasteiger partial charge in [-0.3, -0.25) is 0 Å². The van der Waals surface area contributed by atoms with Crippen molar-refractivity contribution in [1.82, 2.24) is 5.32 Å². The fourth-order valence-corrected chi connectivity index (χ4v) is 1.98. The van der Waals surface area contributed by atoms with Crippen LogP contribution in [0.5, 0.6) is 0 Å². The van der Waals surface area contributed by atoms with Crippen LogP contribution in [0, 0.1) is 5.92 Å². The zero-order valence-electron chi connectivity index (χ0n) is 9.02. The van der Waals surface area contributed by atoms with Gasteiger partial charge in [-0.15, -0.1) is 0 Å². The molecule has 1 fully saturated rings. The summed E-state index contributed by atoms with van der Waals surface area (Å²) in [6, 6.07) is 10.3. The Morgan fingerprint density at radius 1 is 1.27 bits per heavy atom. The highest BCUT2D eigenvalue weighted by molar-refractivity contribution is 5.18. The first kappa shape index (κ1) is 10.7. The van der Waals surface area contributed by atoms with Crippen LogP contribution in [0.1, 0.15) is 30.9 Å². The number of hydrogen-bond donors (Lipinski definition) is 2. The van der Waals surface area contributed by atoms with Gasteiger partial charge in [0.1, 0.15) is 0 Å². The molecule has 82 valence electrons. The normalized spacial score (nSPS) is 18.5. The van der Waals surface area contributed by atoms with E-state index in [4.69, 9.17) is 0 Å². The summed E-state index contributed by atoms with van der Waals surface area (Å²) < 4.78 is 0. The van der Waals surface area contributed by atoms with Gasteiger partial charge in [-0.05, 0) is 30.9 Å². The zero-order valence-corrected chi connectivity index (χ0v) is 9.02. The fourth-order valence-electron chi connectivity index (χ4n) is 1.98. The number of nitrogens with one attached hydrogen (secondary N) is 1. The van der Waals surface area contributed by atoms with E-state index in [0.29, 0.717) is 0 Å². The molecule has 0 amide bonds. The molecule has 0 aliphatic heterocycles. The van der Waals surface area contributed by atoms with Crippen molar-refractivity contribution in [2.45, 2.75) is 25.3 Å². The Kier molecular flexibility index (Phi) is 3.75. The van der Waals surface area contributed by atoms with Crippen LogP contribution in [0.3, 0.4) is 0 Å². The minimum absolute atomic E-state index is 0.104. The van der Waals surface area contributed by atoms with Crippen LogP contribution in [0.2, 0.25) is 0 Å². The van der Waals surface area contributed by atoms with Crippen molar-refractivity contribution in [3.63, 3.8) is 0 Å². The van der Waals surface area contributed by atoms with Crippen molar-refractivity contribution in [2.24, 2.45) is 5.92 Å². The number of hydrogen-bond acceptors (Lipinski definition) is 2. The van der Waals surface area contributed by atoms with Crippen LogP contribution < -0.4 is 5.32 Å². The Bertz CT molecular complexity index is 282. The SMILES string of the molecule is OC[C@H](NCC1CCC1)c1ccccc1. The number of rotatable bonds is 5. The van der Waals surface area contributed by atoms with Gasteiger partial charge in [0.05, 0.1) is 12.6 Å². The molecule has 2 rings (SSSR count). The molecule has 15 heavy (non-hydrogen) atoms. The number of aliphatic hydroxyl groups excluding tert-OH is 1. The van der Waals surface area contributed by atoms with Gasteiger partial charge in [0.2, 0.25) is 0 Å². The summed E-state index contributed by atoms with van der Waals surface area (Å²) in [5.74, 6) is 0.836. The van der Waals surface area contributed by atoms with E-state index in [0.717, 1.165) is 12.5 Å². The average Bonchev–Trinajstić information content (AvgIpc) is 2.23. The van der Waals surface area contributed by atoms with E-state index in [9.17, 15) is 5.11 Å². The zero-order chi connectivity index (χ0) is 10.5. The Labute approximate surface area is 91.3 Å². The predicted molar refractivity (Wildman–Crippen MR) is 61.6 cm³/mol. The molecule has 0 bridgehead atoms. The molecule has 0 unspecified atom stereocenters. The first-order chi connectivity index (χ1) is 7.40. The van der Waals surface area contributed by atoms with E-state index in [1.165, 1.54) is 24.8 Å². The molecule has 1 aliphatic carbocycles. The molecule has 0 aromatic heterocycles. The molecule has 1 saturated carbocycles. The van der Waals surface area contributed by atoms with E-state index in [-0.39, 0.29) is 12.6 Å². The largest absolute Gasteiger partial charge is 0.394 e. The molecule has 0 radical (unpaired) electrons. The van der Waals surface area contributed by atoms with E-state index >= 15 is 0 Å². The molecule has 0 spiro atoms. The smallest absolute Gasteiger partial charge is 0.0626 e. The van der Waals surface area contributed by atoms with Crippen molar-refractivity contribution in [3.05, 3.63) is 35.9 Å². The summed E-state index contributed by atoms with van der Waals surface area (Å²) in [4.78, 5) is 0. The molecule has 2 N–H and O–H groups in total. The summed E-state index contributed by atoms with van der Waals surface area (Å²) in [5.41, 5.74) is 1.18. The third-order valence-corrected chi connectivity index (χ3v) is 3.26. The van der Waals surface area contributed by atoms with Crippen molar-refractivity contribution < 1.29 is 5.11 Å². The standard InChI is InChI=1S/C13H19NO/c15-10-13(12-7-2-1-3-8-12)14-9-11-5-4-6-11/h1-3,7-8,11,13-15H,4-6,9-10H2/t13-/m0/s1. The quantitative estimate of drug-likeness (QED) is 0.771. The first-order valence-corrected chi connectivity index (χ1v) is 5.79. The molecular formula is C13H19NO. The Morgan fingerprint density at radius 2 is 2.00 bits per heavy atom. The lowest BCUT2D eigenvalue weighted by Gasteiger charge is -2.28. The number of aliphatic hydroxyl groups is 1. The maximum atomic E-state index is 9.32. The maximum Gasteiger partial charge on any atom is 0.0626 e. The highest BCUT2D eigenvalue weighted by atomic mass is 16.3. The van der Waals surface area contributed by atoms with Crippen LogP contribution >= 0.6 is 0 Å². The van der Waals surface area contributed by atoms with E-state index < -0.39 is 0 Å². The van der Waals surface area contributed by atoms with Crippen LogP contribution in [0.15, 0.2) is 30.3 Å². The van der Waals surface area contributed by atoms with Gasteiger partial charge in [0.25, 0.3) is 0 Å². The van der Waals surface area contributed by atoms with E-state index in [1.54, 1.807) is 0 Å². The Morgan fingerprint density at radius 3 is 2.53 bits per heavy atom. The third kappa shape index (κ3) is 2.80. The van der Waals surface area contributed by atoms with Gasteiger partial charge in [0.15, 0.2) is 0 Å². The molecule has 1 aromatic carbocycles. The van der Waals surface area contributed by atoms with Gasteiger partial charge in [0, 0.05) is 0 Å². The lowest BCUT2D eigenvalue weighted by atomic mass is 9.85. The summed E-state index contributed by atoms with van der Waals surface area (Å²) in [5, 5.41) is 12.8. The summed E-state index contributed by atoms with van der Waals surface area (Å²) >= 11 is 0. The van der Waals surface area contributed by atoms with Crippen LogP contribution in [-0.2, 0) is 0 Å². The molecule has 1 aliphatic rings. The first-order valence-electron chi connectivity index (χ1n) is 5.79. The monoisotopic (exact) mass is 205 g/mol. The lowest BCUT2D eigenvalue weighted by molar-refractivity contribution is 0.222. The maximum absolute atomic E-state index is 9.32. The second kappa shape index (κ2) is 5.29. The highest BCUT2D eigenvalue weighted by Crippen LogP contribution is 2.26. The fraction of sp³-hybridized carbons (Fsp3) is 0.538. The Balaban J connectivity index is 1.86. The summed E-state index contributed by atoms with van der Waals surface area (Å²) in [7, 11) is 0. The number of benzene rings is 1. The minimum atomic E-state index is 0.104. The van der Waals surface area contributed by atoms with Gasteiger partial charge < -0.3 is 10.4 Å². The second-order valence-corrected chi connectivity index (χ2v) is 4.35. The molecule has 1 aromatic rings. The summed E-state index contributed by atoms with van der Waals surface area (Å²) in [6.45, 7) is 1.22. The predicted octanol–water partition coefficient (Wildman–Crippen LogP) is 2.11. The molecule has 2 nitrogen and oxygen atoms in total. The molecule has 0 heterocycles. The van der Waals surface area contributed by atoms with Crippen molar-refractivity contribution >= 4 is 0 Å². The van der Waals surface area contributed by atoms with Gasteiger partial charge >= 0.3 is 0 Å². The molecular weight excluding hydrogens is 186 g/mol. The third-order valence-electron chi connectivity index (χ3n) is 3.26. The van der Waals surface area contributed by atoms with Crippen LogP contribution in [-0.4, -0.2) is 18.3 Å². The van der Waals surface area contributed by atoms with E-state index in [1.807, 2.05) is 18.2 Å². The average molecular weight is 205 g/mol. The molecule has 2 heteroatoms. The minimum Gasteiger partial charge on any atom is -0.394 e. The summed E-state index contributed by atoms with van der Waals surface area (Å²) in [6.07, 6.45) is 4.07. The second-order valence-electron chi connectivity index (χ2n) is 4.35. The topological polar surface area (TPSA) is 32.3 Å². The van der Waals surface area contributed by atoms with Crippen LogP contribution in [0.4, 0.5) is 0 Å². The van der Waals surface area contributed by atoms with E-state index in [2.05, 4.69) is 17.4 Å². The Hall–Kier alpha value is -0.860. The van der Waals surface area contributed by atoms with Gasteiger partial charge in [-0.2, -0.15) is 0 Å².